The van der Waals surface area contributed by atoms with E-state index in [1.54, 1.807) is 36.1 Å². The van der Waals surface area contributed by atoms with Crippen molar-refractivity contribution in [2.24, 2.45) is 0 Å². The molecule has 0 saturated carbocycles. The van der Waals surface area contributed by atoms with E-state index in [0.717, 1.165) is 11.1 Å². The SMILES string of the molecule is CCC(Oc1ccc(/C=C2/SC(=S)N(Cc3ccccc3)C2=O)cc1OC)C(=O)O. The highest BCUT2D eigenvalue weighted by molar-refractivity contribution is 8.26. The van der Waals surface area contributed by atoms with Gasteiger partial charge < -0.3 is 14.6 Å². The van der Waals surface area contributed by atoms with Crippen LogP contribution in [0.25, 0.3) is 6.08 Å². The van der Waals surface area contributed by atoms with Crippen LogP contribution in [0, 0.1) is 0 Å². The summed E-state index contributed by atoms with van der Waals surface area (Å²) < 4.78 is 11.4. The molecule has 0 aromatic heterocycles. The summed E-state index contributed by atoms with van der Waals surface area (Å²) in [6.07, 6.45) is 1.11. The number of hydrogen-bond donors (Lipinski definition) is 1. The summed E-state index contributed by atoms with van der Waals surface area (Å²) in [4.78, 5) is 26.2. The van der Waals surface area contributed by atoms with Crippen LogP contribution in [-0.4, -0.2) is 39.4 Å². The zero-order valence-electron chi connectivity index (χ0n) is 16.5. The van der Waals surface area contributed by atoms with Crippen molar-refractivity contribution in [1.29, 1.82) is 0 Å². The molecule has 3 rings (SSSR count). The Morgan fingerprint density at radius 2 is 1.97 bits per heavy atom. The molecule has 1 aliphatic rings. The van der Waals surface area contributed by atoms with E-state index in [0.29, 0.717) is 33.7 Å². The van der Waals surface area contributed by atoms with Crippen LogP contribution in [0.5, 0.6) is 11.5 Å². The topological polar surface area (TPSA) is 76.1 Å². The van der Waals surface area contributed by atoms with Crippen molar-refractivity contribution in [3.63, 3.8) is 0 Å². The van der Waals surface area contributed by atoms with Gasteiger partial charge in [0.2, 0.25) is 0 Å². The number of amides is 1. The van der Waals surface area contributed by atoms with Crippen molar-refractivity contribution in [2.45, 2.75) is 26.0 Å². The second-order valence-corrected chi connectivity index (χ2v) is 8.19. The van der Waals surface area contributed by atoms with Gasteiger partial charge in [0.15, 0.2) is 17.6 Å². The number of carboxylic acids is 1. The molecule has 1 aliphatic heterocycles. The first-order chi connectivity index (χ1) is 14.4. The molecule has 0 aliphatic carbocycles. The molecule has 2 aromatic carbocycles. The maximum absolute atomic E-state index is 12.8. The van der Waals surface area contributed by atoms with Crippen LogP contribution < -0.4 is 9.47 Å². The fourth-order valence-electron chi connectivity index (χ4n) is 2.89. The number of methoxy groups -OCH3 is 1. The molecule has 1 unspecified atom stereocenters. The molecule has 1 N–H and O–H groups in total. The van der Waals surface area contributed by atoms with E-state index >= 15 is 0 Å². The van der Waals surface area contributed by atoms with E-state index < -0.39 is 12.1 Å². The van der Waals surface area contributed by atoms with Gasteiger partial charge in [-0.2, -0.15) is 0 Å². The van der Waals surface area contributed by atoms with Crippen LogP contribution in [-0.2, 0) is 16.1 Å². The second kappa shape index (κ2) is 9.77. The monoisotopic (exact) mass is 443 g/mol. The summed E-state index contributed by atoms with van der Waals surface area (Å²) in [5, 5.41) is 9.19. The number of thiocarbonyl (C=S) groups is 1. The van der Waals surface area contributed by atoms with E-state index in [2.05, 4.69) is 0 Å². The number of carboxylic acid groups (broad SMARTS) is 1. The van der Waals surface area contributed by atoms with Gasteiger partial charge in [-0.25, -0.2) is 4.79 Å². The van der Waals surface area contributed by atoms with Gasteiger partial charge in [0.05, 0.1) is 18.6 Å². The van der Waals surface area contributed by atoms with Gasteiger partial charge in [0, 0.05) is 0 Å². The van der Waals surface area contributed by atoms with Gasteiger partial charge in [-0.05, 0) is 35.8 Å². The first-order valence-corrected chi connectivity index (χ1v) is 10.5. The van der Waals surface area contributed by atoms with Gasteiger partial charge in [0.25, 0.3) is 5.91 Å². The van der Waals surface area contributed by atoms with E-state index in [1.807, 2.05) is 30.3 Å². The maximum atomic E-state index is 12.8. The molecule has 156 valence electrons. The lowest BCUT2D eigenvalue weighted by Gasteiger charge is -2.16. The molecule has 30 heavy (non-hydrogen) atoms. The van der Waals surface area contributed by atoms with Crippen LogP contribution in [0.15, 0.2) is 53.4 Å². The van der Waals surface area contributed by atoms with Crippen LogP contribution in [0.4, 0.5) is 0 Å². The molecule has 1 fully saturated rings. The molecule has 0 bridgehead atoms. The Hall–Kier alpha value is -2.84. The van der Waals surface area contributed by atoms with Crippen molar-refractivity contribution in [3.8, 4) is 11.5 Å². The van der Waals surface area contributed by atoms with Crippen molar-refractivity contribution in [2.75, 3.05) is 7.11 Å². The van der Waals surface area contributed by atoms with Gasteiger partial charge in [-0.1, -0.05) is 67.3 Å². The summed E-state index contributed by atoms with van der Waals surface area (Å²) in [6, 6.07) is 14.8. The molecular formula is C22H21NO5S2. The van der Waals surface area contributed by atoms with Gasteiger partial charge in [-0.3, -0.25) is 9.69 Å². The Bertz CT molecular complexity index is 990. The number of rotatable bonds is 8. The summed E-state index contributed by atoms with van der Waals surface area (Å²) in [6.45, 7) is 2.16. The summed E-state index contributed by atoms with van der Waals surface area (Å²) in [5.74, 6) is -0.459. The number of thioether (sulfide) groups is 1. The summed E-state index contributed by atoms with van der Waals surface area (Å²) in [5.41, 5.74) is 1.73. The average Bonchev–Trinajstić information content (AvgIpc) is 3.00. The lowest BCUT2D eigenvalue weighted by molar-refractivity contribution is -0.145. The number of aliphatic carboxylic acids is 1. The molecule has 1 atom stereocenters. The fraction of sp³-hybridized carbons (Fsp3) is 0.227. The normalized spacial score (nSPS) is 16.1. The Kier molecular flexibility index (Phi) is 7.12. The Labute approximate surface area is 184 Å². The first-order valence-electron chi connectivity index (χ1n) is 9.29. The Morgan fingerprint density at radius 3 is 2.60 bits per heavy atom. The highest BCUT2D eigenvalue weighted by Gasteiger charge is 2.32. The van der Waals surface area contributed by atoms with E-state index in [-0.39, 0.29) is 5.91 Å². The first kappa shape index (κ1) is 21.9. The Balaban J connectivity index is 1.80. The van der Waals surface area contributed by atoms with E-state index in [9.17, 15) is 14.7 Å². The molecule has 2 aromatic rings. The Morgan fingerprint density at radius 1 is 1.23 bits per heavy atom. The molecule has 0 radical (unpaired) electrons. The third kappa shape index (κ3) is 5.01. The van der Waals surface area contributed by atoms with Gasteiger partial charge in [-0.15, -0.1) is 0 Å². The smallest absolute Gasteiger partial charge is 0.344 e. The third-order valence-electron chi connectivity index (χ3n) is 4.46. The highest BCUT2D eigenvalue weighted by atomic mass is 32.2. The summed E-state index contributed by atoms with van der Waals surface area (Å²) in [7, 11) is 1.48. The number of hydrogen-bond acceptors (Lipinski definition) is 6. The molecule has 6 nitrogen and oxygen atoms in total. The molecule has 1 amide bonds. The minimum absolute atomic E-state index is 0.148. The van der Waals surface area contributed by atoms with Crippen LogP contribution in [0.3, 0.4) is 0 Å². The van der Waals surface area contributed by atoms with Crippen molar-refractivity contribution in [3.05, 3.63) is 64.6 Å². The average molecular weight is 444 g/mol. The molecule has 8 heteroatoms. The maximum Gasteiger partial charge on any atom is 0.344 e. The predicted octanol–water partition coefficient (Wildman–Crippen LogP) is 4.34. The summed E-state index contributed by atoms with van der Waals surface area (Å²) >= 11 is 6.64. The van der Waals surface area contributed by atoms with Crippen LogP contribution >= 0.6 is 24.0 Å². The number of nitrogens with zero attached hydrogens (tertiary/aromatic N) is 1. The zero-order valence-corrected chi connectivity index (χ0v) is 18.2. The third-order valence-corrected chi connectivity index (χ3v) is 5.84. The highest BCUT2D eigenvalue weighted by Crippen LogP contribution is 2.35. The van der Waals surface area contributed by atoms with Crippen LogP contribution in [0.1, 0.15) is 24.5 Å². The van der Waals surface area contributed by atoms with Gasteiger partial charge in [0.1, 0.15) is 4.32 Å². The van der Waals surface area contributed by atoms with Crippen molar-refractivity contribution < 1.29 is 24.2 Å². The minimum Gasteiger partial charge on any atom is -0.493 e. The second-order valence-electron chi connectivity index (χ2n) is 6.52. The molecular weight excluding hydrogens is 422 g/mol. The van der Waals surface area contributed by atoms with Crippen molar-refractivity contribution in [1.82, 2.24) is 4.90 Å². The largest absolute Gasteiger partial charge is 0.493 e. The number of carbonyl (C=O) groups excluding carboxylic acids is 1. The molecule has 1 heterocycles. The van der Waals surface area contributed by atoms with Crippen molar-refractivity contribution >= 4 is 46.3 Å². The number of benzene rings is 2. The standard InChI is InChI=1S/C22H21NO5S2/c1-3-16(21(25)26)28-17-10-9-15(11-18(17)27-2)12-19-20(24)23(22(29)30-19)13-14-7-5-4-6-8-14/h4-12,16H,3,13H2,1-2H3,(H,25,26)/b19-12+. The predicted molar refractivity (Wildman–Crippen MR) is 120 cm³/mol. The van der Waals surface area contributed by atoms with Crippen LogP contribution in [0.2, 0.25) is 0 Å². The lowest BCUT2D eigenvalue weighted by atomic mass is 10.1. The number of ether oxygens (including phenoxy) is 2. The minimum atomic E-state index is -1.04. The number of carbonyl (C=O) groups is 2. The van der Waals surface area contributed by atoms with Gasteiger partial charge >= 0.3 is 5.97 Å². The fourth-order valence-corrected chi connectivity index (χ4v) is 4.14. The van der Waals surface area contributed by atoms with E-state index in [4.69, 9.17) is 21.7 Å². The lowest BCUT2D eigenvalue weighted by Crippen LogP contribution is -2.27. The zero-order chi connectivity index (χ0) is 21.7. The molecule has 1 saturated heterocycles. The quantitative estimate of drug-likeness (QED) is 0.480. The molecule has 0 spiro atoms. The van der Waals surface area contributed by atoms with E-state index in [1.165, 1.54) is 18.9 Å².